The van der Waals surface area contributed by atoms with Crippen molar-refractivity contribution >= 4 is 23.1 Å². The molecule has 1 heterocycles. The maximum absolute atomic E-state index is 5.94. The van der Waals surface area contributed by atoms with Crippen LogP contribution in [0.3, 0.4) is 0 Å². The van der Waals surface area contributed by atoms with Crippen molar-refractivity contribution in [1.82, 2.24) is 10.2 Å². The third-order valence-electron chi connectivity index (χ3n) is 3.05. The summed E-state index contributed by atoms with van der Waals surface area (Å²) in [5.41, 5.74) is 2.87. The van der Waals surface area contributed by atoms with Gasteiger partial charge in [-0.15, -0.1) is 10.2 Å². The number of hydrogen-bond donors (Lipinski definition) is 1. The lowest BCUT2D eigenvalue weighted by Crippen LogP contribution is -2.01. The first-order valence-electron chi connectivity index (χ1n) is 6.61. The number of anilines is 2. The van der Waals surface area contributed by atoms with E-state index in [-0.39, 0.29) is 0 Å². The zero-order valence-corrected chi connectivity index (χ0v) is 12.7. The second-order valence-electron chi connectivity index (χ2n) is 4.59. The van der Waals surface area contributed by atoms with Crippen LogP contribution in [0.5, 0.6) is 5.75 Å². The molecule has 0 saturated heterocycles. The van der Waals surface area contributed by atoms with Gasteiger partial charge in [-0.25, -0.2) is 0 Å². The van der Waals surface area contributed by atoms with Gasteiger partial charge in [-0.05, 0) is 55.7 Å². The van der Waals surface area contributed by atoms with E-state index in [1.165, 1.54) is 0 Å². The van der Waals surface area contributed by atoms with Gasteiger partial charge in [-0.2, -0.15) is 0 Å². The van der Waals surface area contributed by atoms with Crippen molar-refractivity contribution in [3.8, 4) is 5.75 Å². The molecule has 0 aliphatic rings. The maximum atomic E-state index is 5.94. The molecule has 2 rings (SSSR count). The standard InChI is InChI=1S/C15H18ClN3O/c1-4-9-20-13-7-5-12(6-8-13)17-15-11(3)10(2)14(16)18-19-15/h5-8H,4,9H2,1-3H3,(H,17,19). The molecule has 0 fully saturated rings. The second-order valence-corrected chi connectivity index (χ2v) is 4.95. The van der Waals surface area contributed by atoms with Crippen LogP contribution in [0.2, 0.25) is 5.15 Å². The maximum Gasteiger partial charge on any atom is 0.156 e. The summed E-state index contributed by atoms with van der Waals surface area (Å²) in [7, 11) is 0. The Bertz CT molecular complexity index is 584. The van der Waals surface area contributed by atoms with E-state index >= 15 is 0 Å². The summed E-state index contributed by atoms with van der Waals surface area (Å²) in [6.07, 6.45) is 0.999. The normalized spacial score (nSPS) is 10.4. The average Bonchev–Trinajstić information content (AvgIpc) is 2.47. The number of aromatic nitrogens is 2. The fourth-order valence-electron chi connectivity index (χ4n) is 1.69. The molecule has 0 bridgehead atoms. The van der Waals surface area contributed by atoms with Crippen LogP contribution in [0, 0.1) is 13.8 Å². The van der Waals surface area contributed by atoms with E-state index in [1.54, 1.807) is 0 Å². The Balaban J connectivity index is 2.12. The van der Waals surface area contributed by atoms with Crippen LogP contribution in [-0.4, -0.2) is 16.8 Å². The summed E-state index contributed by atoms with van der Waals surface area (Å²) in [5, 5.41) is 11.7. The quantitative estimate of drug-likeness (QED) is 0.893. The Hall–Kier alpha value is -1.81. The molecule has 0 atom stereocenters. The zero-order valence-electron chi connectivity index (χ0n) is 11.9. The monoisotopic (exact) mass is 291 g/mol. The van der Waals surface area contributed by atoms with Crippen molar-refractivity contribution in [1.29, 1.82) is 0 Å². The smallest absolute Gasteiger partial charge is 0.156 e. The predicted octanol–water partition coefficient (Wildman–Crippen LogP) is 4.28. The number of halogens is 1. The van der Waals surface area contributed by atoms with Gasteiger partial charge in [-0.1, -0.05) is 18.5 Å². The molecule has 1 N–H and O–H groups in total. The lowest BCUT2D eigenvalue weighted by molar-refractivity contribution is 0.317. The first kappa shape index (κ1) is 14.6. The van der Waals surface area contributed by atoms with E-state index in [9.17, 15) is 0 Å². The first-order chi connectivity index (χ1) is 9.61. The molecule has 0 radical (unpaired) electrons. The van der Waals surface area contributed by atoms with Crippen LogP contribution in [0.1, 0.15) is 24.5 Å². The van der Waals surface area contributed by atoms with Gasteiger partial charge in [-0.3, -0.25) is 0 Å². The highest BCUT2D eigenvalue weighted by Crippen LogP contribution is 2.24. The number of ether oxygens (including phenoxy) is 1. The minimum absolute atomic E-state index is 0.441. The molecule has 0 spiro atoms. The topological polar surface area (TPSA) is 47.0 Å². The Labute approximate surface area is 124 Å². The molecule has 0 amide bonds. The summed E-state index contributed by atoms with van der Waals surface area (Å²) < 4.78 is 5.55. The molecule has 20 heavy (non-hydrogen) atoms. The molecule has 4 nitrogen and oxygen atoms in total. The number of nitrogens with zero attached hydrogens (tertiary/aromatic N) is 2. The van der Waals surface area contributed by atoms with Crippen molar-refractivity contribution in [3.05, 3.63) is 40.5 Å². The number of hydrogen-bond acceptors (Lipinski definition) is 4. The first-order valence-corrected chi connectivity index (χ1v) is 6.99. The van der Waals surface area contributed by atoms with E-state index < -0.39 is 0 Å². The molecular weight excluding hydrogens is 274 g/mol. The number of nitrogens with one attached hydrogen (secondary N) is 1. The molecule has 2 aromatic rings. The van der Waals surface area contributed by atoms with Crippen molar-refractivity contribution in [3.63, 3.8) is 0 Å². The minimum Gasteiger partial charge on any atom is -0.494 e. The highest BCUT2D eigenvalue weighted by atomic mass is 35.5. The van der Waals surface area contributed by atoms with E-state index in [2.05, 4.69) is 22.4 Å². The lowest BCUT2D eigenvalue weighted by Gasteiger charge is -2.11. The molecule has 0 unspecified atom stereocenters. The van der Waals surface area contributed by atoms with Crippen LogP contribution in [0.15, 0.2) is 24.3 Å². The fourth-order valence-corrected chi connectivity index (χ4v) is 1.87. The Kier molecular flexibility index (Phi) is 4.79. The van der Waals surface area contributed by atoms with Gasteiger partial charge < -0.3 is 10.1 Å². The highest BCUT2D eigenvalue weighted by molar-refractivity contribution is 6.30. The molecular formula is C15H18ClN3O. The van der Waals surface area contributed by atoms with E-state index in [4.69, 9.17) is 16.3 Å². The van der Waals surface area contributed by atoms with Crippen LogP contribution in [0.25, 0.3) is 0 Å². The molecule has 1 aromatic heterocycles. The summed E-state index contributed by atoms with van der Waals surface area (Å²) in [6.45, 7) is 6.71. The Morgan fingerprint density at radius 3 is 2.45 bits per heavy atom. The molecule has 1 aromatic carbocycles. The molecule has 106 valence electrons. The SMILES string of the molecule is CCCOc1ccc(Nc2nnc(Cl)c(C)c2C)cc1. The molecule has 0 saturated carbocycles. The van der Waals surface area contributed by atoms with Crippen molar-refractivity contribution in [2.45, 2.75) is 27.2 Å². The van der Waals surface area contributed by atoms with Crippen LogP contribution in [0.4, 0.5) is 11.5 Å². The highest BCUT2D eigenvalue weighted by Gasteiger charge is 2.08. The van der Waals surface area contributed by atoms with E-state index in [1.807, 2.05) is 38.1 Å². The van der Waals surface area contributed by atoms with Gasteiger partial charge >= 0.3 is 0 Å². The van der Waals surface area contributed by atoms with Crippen LogP contribution in [-0.2, 0) is 0 Å². The van der Waals surface area contributed by atoms with Crippen molar-refractivity contribution < 1.29 is 4.74 Å². The average molecular weight is 292 g/mol. The van der Waals surface area contributed by atoms with Crippen molar-refractivity contribution in [2.24, 2.45) is 0 Å². The molecule has 5 heteroatoms. The summed E-state index contributed by atoms with van der Waals surface area (Å²) >= 11 is 5.94. The number of benzene rings is 1. The largest absolute Gasteiger partial charge is 0.494 e. The summed E-state index contributed by atoms with van der Waals surface area (Å²) in [6, 6.07) is 7.78. The lowest BCUT2D eigenvalue weighted by atomic mass is 10.2. The Morgan fingerprint density at radius 1 is 1.10 bits per heavy atom. The fraction of sp³-hybridized carbons (Fsp3) is 0.333. The Morgan fingerprint density at radius 2 is 1.80 bits per heavy atom. The van der Waals surface area contributed by atoms with Gasteiger partial charge in [0, 0.05) is 5.69 Å². The number of rotatable bonds is 5. The zero-order chi connectivity index (χ0) is 14.5. The molecule has 0 aliphatic heterocycles. The van der Waals surface area contributed by atoms with Gasteiger partial charge in [0.2, 0.25) is 0 Å². The van der Waals surface area contributed by atoms with Crippen LogP contribution >= 0.6 is 11.6 Å². The summed E-state index contributed by atoms with van der Waals surface area (Å²) in [5.74, 6) is 1.58. The van der Waals surface area contributed by atoms with E-state index in [0.29, 0.717) is 11.0 Å². The van der Waals surface area contributed by atoms with Gasteiger partial charge in [0.25, 0.3) is 0 Å². The minimum atomic E-state index is 0.441. The van der Waals surface area contributed by atoms with Crippen LogP contribution < -0.4 is 10.1 Å². The van der Waals surface area contributed by atoms with Gasteiger partial charge in [0.05, 0.1) is 6.61 Å². The van der Waals surface area contributed by atoms with E-state index in [0.717, 1.165) is 35.6 Å². The third-order valence-corrected chi connectivity index (χ3v) is 3.41. The summed E-state index contributed by atoms with van der Waals surface area (Å²) in [4.78, 5) is 0. The van der Waals surface area contributed by atoms with Gasteiger partial charge in [0.15, 0.2) is 11.0 Å². The third kappa shape index (κ3) is 3.39. The van der Waals surface area contributed by atoms with Gasteiger partial charge in [0.1, 0.15) is 5.75 Å². The van der Waals surface area contributed by atoms with Crippen molar-refractivity contribution in [2.75, 3.05) is 11.9 Å². The predicted molar refractivity (Wildman–Crippen MR) is 82.0 cm³/mol. The molecule has 0 aliphatic carbocycles. The second kappa shape index (κ2) is 6.57.